The zero-order valence-corrected chi connectivity index (χ0v) is 10.7. The fourth-order valence-corrected chi connectivity index (χ4v) is 1.69. The van der Waals surface area contributed by atoms with Gasteiger partial charge in [-0.3, -0.25) is 9.52 Å². The van der Waals surface area contributed by atoms with Crippen molar-refractivity contribution in [3.8, 4) is 0 Å². The van der Waals surface area contributed by atoms with Crippen LogP contribution >= 0.6 is 0 Å². The molecule has 1 unspecified atom stereocenters. The van der Waals surface area contributed by atoms with E-state index < -0.39 is 27.8 Å². The van der Waals surface area contributed by atoms with E-state index in [0.717, 1.165) is 12.3 Å². The Morgan fingerprint density at radius 1 is 1.44 bits per heavy atom. The van der Waals surface area contributed by atoms with Gasteiger partial charge in [0.1, 0.15) is 5.82 Å². The van der Waals surface area contributed by atoms with Gasteiger partial charge in [-0.05, 0) is 25.1 Å². The number of carbonyl (C=O) groups excluding carboxylic acids is 1. The molecular formula is C10H14FN3O3S. The maximum atomic E-state index is 13.3. The van der Waals surface area contributed by atoms with Gasteiger partial charge in [-0.2, -0.15) is 0 Å². The van der Waals surface area contributed by atoms with Crippen molar-refractivity contribution in [3.63, 3.8) is 0 Å². The molecule has 1 aromatic rings. The predicted molar refractivity (Wildman–Crippen MR) is 67.1 cm³/mol. The standard InChI is InChI=1S/C10H14FN3O3S/c1-6(12)10(15)13-7-3-4-8(11)9(5-7)14-18(2,16)17/h3-6,14H,12H2,1-2H3,(H,13,15). The molecule has 1 atom stereocenters. The molecule has 0 fully saturated rings. The van der Waals surface area contributed by atoms with Crippen LogP contribution in [-0.4, -0.2) is 26.6 Å². The molecular weight excluding hydrogens is 261 g/mol. The molecule has 1 rings (SSSR count). The molecule has 0 heterocycles. The van der Waals surface area contributed by atoms with Gasteiger partial charge in [0.25, 0.3) is 0 Å². The van der Waals surface area contributed by atoms with Gasteiger partial charge in [-0.1, -0.05) is 0 Å². The first-order valence-electron chi connectivity index (χ1n) is 5.03. The van der Waals surface area contributed by atoms with Crippen LogP contribution in [0.5, 0.6) is 0 Å². The highest BCUT2D eigenvalue weighted by Crippen LogP contribution is 2.20. The Morgan fingerprint density at radius 2 is 2.06 bits per heavy atom. The summed E-state index contributed by atoms with van der Waals surface area (Å²) in [5.74, 6) is -1.19. The number of halogens is 1. The first-order chi connectivity index (χ1) is 8.19. The number of nitrogens with two attached hydrogens (primary N) is 1. The summed E-state index contributed by atoms with van der Waals surface area (Å²) in [5.41, 5.74) is 5.37. The zero-order chi connectivity index (χ0) is 13.9. The lowest BCUT2D eigenvalue weighted by molar-refractivity contribution is -0.117. The fourth-order valence-electron chi connectivity index (χ4n) is 1.14. The molecule has 0 aliphatic heterocycles. The molecule has 4 N–H and O–H groups in total. The van der Waals surface area contributed by atoms with E-state index >= 15 is 0 Å². The first kappa shape index (κ1) is 14.4. The van der Waals surface area contributed by atoms with Gasteiger partial charge in [0, 0.05) is 5.69 Å². The number of benzene rings is 1. The number of nitrogens with one attached hydrogen (secondary N) is 2. The summed E-state index contributed by atoms with van der Waals surface area (Å²) in [7, 11) is -3.59. The number of hydrogen-bond donors (Lipinski definition) is 3. The topological polar surface area (TPSA) is 101 Å². The fraction of sp³-hybridized carbons (Fsp3) is 0.300. The maximum Gasteiger partial charge on any atom is 0.240 e. The van der Waals surface area contributed by atoms with Crippen molar-refractivity contribution >= 4 is 27.3 Å². The largest absolute Gasteiger partial charge is 0.325 e. The summed E-state index contributed by atoms with van der Waals surface area (Å²) in [4.78, 5) is 11.3. The molecule has 0 saturated heterocycles. The molecule has 0 bridgehead atoms. The number of sulfonamides is 1. The van der Waals surface area contributed by atoms with E-state index in [-0.39, 0.29) is 11.4 Å². The molecule has 1 amide bonds. The molecule has 0 aliphatic carbocycles. The van der Waals surface area contributed by atoms with Crippen LogP contribution < -0.4 is 15.8 Å². The average molecular weight is 275 g/mol. The van der Waals surface area contributed by atoms with Crippen molar-refractivity contribution in [3.05, 3.63) is 24.0 Å². The monoisotopic (exact) mass is 275 g/mol. The van der Waals surface area contributed by atoms with E-state index in [1.54, 1.807) is 0 Å². The van der Waals surface area contributed by atoms with E-state index in [4.69, 9.17) is 5.73 Å². The third-order valence-corrected chi connectivity index (χ3v) is 2.53. The molecule has 6 nitrogen and oxygen atoms in total. The lowest BCUT2D eigenvalue weighted by Gasteiger charge is -2.10. The molecule has 0 saturated carbocycles. The summed E-state index contributed by atoms with van der Waals surface area (Å²) in [6.45, 7) is 1.49. The first-order valence-corrected chi connectivity index (χ1v) is 6.92. The minimum atomic E-state index is -3.59. The van der Waals surface area contributed by atoms with Gasteiger partial charge in [-0.15, -0.1) is 0 Å². The Hall–Kier alpha value is -1.67. The Balaban J connectivity index is 2.97. The Morgan fingerprint density at radius 3 is 2.56 bits per heavy atom. The van der Waals surface area contributed by atoms with Crippen LogP contribution in [-0.2, 0) is 14.8 Å². The van der Waals surface area contributed by atoms with Gasteiger partial charge in [0.05, 0.1) is 18.0 Å². The molecule has 0 spiro atoms. The molecule has 18 heavy (non-hydrogen) atoms. The number of hydrogen-bond acceptors (Lipinski definition) is 4. The van der Waals surface area contributed by atoms with Crippen LogP contribution in [0.25, 0.3) is 0 Å². The highest BCUT2D eigenvalue weighted by atomic mass is 32.2. The molecule has 8 heteroatoms. The van der Waals surface area contributed by atoms with Gasteiger partial charge in [-0.25, -0.2) is 12.8 Å². The van der Waals surface area contributed by atoms with E-state index in [0.29, 0.717) is 0 Å². The number of amides is 1. The highest BCUT2D eigenvalue weighted by Gasteiger charge is 2.11. The molecule has 1 aromatic carbocycles. The van der Waals surface area contributed by atoms with Crippen molar-refractivity contribution in [2.75, 3.05) is 16.3 Å². The van der Waals surface area contributed by atoms with Crippen LogP contribution in [0.2, 0.25) is 0 Å². The number of anilines is 2. The van der Waals surface area contributed by atoms with Crippen LogP contribution in [0.4, 0.5) is 15.8 Å². The van der Waals surface area contributed by atoms with E-state index in [9.17, 15) is 17.6 Å². The Kier molecular flexibility index (Phi) is 4.25. The van der Waals surface area contributed by atoms with Crippen molar-refractivity contribution in [1.29, 1.82) is 0 Å². The third kappa shape index (κ3) is 4.30. The molecule has 0 aromatic heterocycles. The van der Waals surface area contributed by atoms with Crippen molar-refractivity contribution in [2.45, 2.75) is 13.0 Å². The Labute approximate surface area is 104 Å². The molecule has 100 valence electrons. The van der Waals surface area contributed by atoms with Gasteiger partial charge >= 0.3 is 0 Å². The minimum Gasteiger partial charge on any atom is -0.325 e. The summed E-state index contributed by atoms with van der Waals surface area (Å²) in [5, 5.41) is 2.43. The summed E-state index contributed by atoms with van der Waals surface area (Å²) >= 11 is 0. The third-order valence-electron chi connectivity index (χ3n) is 1.94. The van der Waals surface area contributed by atoms with Crippen molar-refractivity contribution in [1.82, 2.24) is 0 Å². The van der Waals surface area contributed by atoms with E-state index in [1.807, 2.05) is 4.72 Å². The SMILES string of the molecule is CC(N)C(=O)Nc1ccc(F)c(NS(C)(=O)=O)c1. The lowest BCUT2D eigenvalue weighted by Crippen LogP contribution is -2.32. The smallest absolute Gasteiger partial charge is 0.240 e. The average Bonchev–Trinajstić information content (AvgIpc) is 2.20. The summed E-state index contributed by atoms with van der Waals surface area (Å²) < 4.78 is 37.4. The summed E-state index contributed by atoms with van der Waals surface area (Å²) in [6.07, 6.45) is 0.902. The lowest BCUT2D eigenvalue weighted by atomic mass is 10.2. The van der Waals surface area contributed by atoms with Crippen molar-refractivity contribution < 1.29 is 17.6 Å². The number of carbonyl (C=O) groups is 1. The second kappa shape index (κ2) is 5.32. The van der Waals surface area contributed by atoms with Crippen LogP contribution in [0.1, 0.15) is 6.92 Å². The molecule has 0 aliphatic rings. The van der Waals surface area contributed by atoms with Crippen molar-refractivity contribution in [2.24, 2.45) is 5.73 Å². The van der Waals surface area contributed by atoms with Gasteiger partial charge in [0.15, 0.2) is 0 Å². The zero-order valence-electron chi connectivity index (χ0n) is 9.90. The normalized spacial score (nSPS) is 12.9. The van der Waals surface area contributed by atoms with Gasteiger partial charge < -0.3 is 11.1 Å². The number of rotatable bonds is 4. The summed E-state index contributed by atoms with van der Waals surface area (Å²) in [6, 6.07) is 2.81. The Bertz CT molecular complexity index is 557. The van der Waals surface area contributed by atoms with E-state index in [1.165, 1.54) is 19.1 Å². The quantitative estimate of drug-likeness (QED) is 0.744. The van der Waals surface area contributed by atoms with E-state index in [2.05, 4.69) is 5.32 Å². The molecule has 0 radical (unpaired) electrons. The minimum absolute atomic E-state index is 0.236. The second-order valence-corrected chi connectivity index (χ2v) is 5.60. The van der Waals surface area contributed by atoms with Crippen LogP contribution in [0.3, 0.4) is 0 Å². The maximum absolute atomic E-state index is 13.3. The predicted octanol–water partition coefficient (Wildman–Crippen LogP) is 0.483. The van der Waals surface area contributed by atoms with Crippen LogP contribution in [0, 0.1) is 5.82 Å². The highest BCUT2D eigenvalue weighted by molar-refractivity contribution is 7.92. The van der Waals surface area contributed by atoms with Crippen LogP contribution in [0.15, 0.2) is 18.2 Å². The van der Waals surface area contributed by atoms with Gasteiger partial charge in [0.2, 0.25) is 15.9 Å². The second-order valence-electron chi connectivity index (χ2n) is 3.85.